The molecule has 1 aromatic carbocycles. The molecule has 1 saturated heterocycles. The molecule has 0 radical (unpaired) electrons. The van der Waals surface area contributed by atoms with Gasteiger partial charge in [0.2, 0.25) is 5.91 Å². The number of piperidine rings is 1. The van der Waals surface area contributed by atoms with Crippen LogP contribution in [0.2, 0.25) is 0 Å². The summed E-state index contributed by atoms with van der Waals surface area (Å²) in [6.07, 6.45) is 0. The number of amides is 1. The quantitative estimate of drug-likeness (QED) is 0.463. The van der Waals surface area contributed by atoms with E-state index in [1.165, 1.54) is 5.56 Å². The van der Waals surface area contributed by atoms with E-state index in [4.69, 9.17) is 5.53 Å². The van der Waals surface area contributed by atoms with E-state index in [2.05, 4.69) is 27.1 Å². The number of fused-ring (bicyclic) bond motifs is 1. The third-order valence-corrected chi connectivity index (χ3v) is 3.95. The average molecular weight is 242 g/mol. The Kier molecular flexibility index (Phi) is 2.78. The Labute approximate surface area is 105 Å². The van der Waals surface area contributed by atoms with Crippen LogP contribution in [-0.4, -0.2) is 23.9 Å². The lowest BCUT2D eigenvalue weighted by atomic mass is 10.2. The molecule has 1 amide bonds. The molecule has 0 aromatic heterocycles. The Morgan fingerprint density at radius 3 is 2.61 bits per heavy atom. The lowest BCUT2D eigenvalue weighted by molar-refractivity contribution is -0.120. The van der Waals surface area contributed by atoms with Crippen molar-refractivity contribution in [1.29, 1.82) is 0 Å². The van der Waals surface area contributed by atoms with Gasteiger partial charge in [0, 0.05) is 30.5 Å². The third-order valence-electron chi connectivity index (χ3n) is 3.95. The number of azide groups is 1. The SMILES string of the molecule is [N-]=[N+]=NC(=O)C1C2CN(Cc3ccccc3)CC21. The molecule has 92 valence electrons. The second-order valence-electron chi connectivity index (χ2n) is 5.06. The first kappa shape index (κ1) is 11.3. The van der Waals surface area contributed by atoms with Gasteiger partial charge in [-0.3, -0.25) is 9.69 Å². The fraction of sp³-hybridized carbons (Fsp3) is 0.462. The van der Waals surface area contributed by atoms with Crippen molar-refractivity contribution in [3.05, 3.63) is 46.3 Å². The van der Waals surface area contributed by atoms with Crippen LogP contribution in [0.25, 0.3) is 10.4 Å². The number of nitrogens with zero attached hydrogens (tertiary/aromatic N) is 4. The predicted molar refractivity (Wildman–Crippen MR) is 66.3 cm³/mol. The van der Waals surface area contributed by atoms with Gasteiger partial charge in [0.1, 0.15) is 0 Å². The van der Waals surface area contributed by atoms with Crippen LogP contribution in [0.15, 0.2) is 35.4 Å². The summed E-state index contributed by atoms with van der Waals surface area (Å²) in [5, 5.41) is 3.20. The summed E-state index contributed by atoms with van der Waals surface area (Å²) in [7, 11) is 0. The minimum Gasteiger partial charge on any atom is -0.298 e. The van der Waals surface area contributed by atoms with Gasteiger partial charge in [-0.15, -0.1) is 0 Å². The van der Waals surface area contributed by atoms with Crippen LogP contribution >= 0.6 is 0 Å². The summed E-state index contributed by atoms with van der Waals surface area (Å²) in [5.41, 5.74) is 9.55. The second-order valence-corrected chi connectivity index (χ2v) is 5.06. The molecule has 3 rings (SSSR count). The van der Waals surface area contributed by atoms with Crippen LogP contribution in [0.3, 0.4) is 0 Å². The maximum absolute atomic E-state index is 11.4. The van der Waals surface area contributed by atoms with Gasteiger partial charge < -0.3 is 0 Å². The number of benzene rings is 1. The molecular weight excluding hydrogens is 228 g/mol. The van der Waals surface area contributed by atoms with E-state index in [1.54, 1.807) is 0 Å². The highest BCUT2D eigenvalue weighted by Crippen LogP contribution is 2.52. The van der Waals surface area contributed by atoms with Crippen molar-refractivity contribution in [2.24, 2.45) is 22.9 Å². The largest absolute Gasteiger partial charge is 0.298 e. The Bertz CT molecular complexity index is 497. The van der Waals surface area contributed by atoms with Crippen molar-refractivity contribution >= 4 is 5.91 Å². The molecule has 1 saturated carbocycles. The van der Waals surface area contributed by atoms with Crippen molar-refractivity contribution in [1.82, 2.24) is 4.90 Å². The van der Waals surface area contributed by atoms with Gasteiger partial charge in [-0.25, -0.2) is 0 Å². The fourth-order valence-corrected chi connectivity index (χ4v) is 3.06. The van der Waals surface area contributed by atoms with E-state index in [-0.39, 0.29) is 11.8 Å². The maximum atomic E-state index is 11.4. The molecule has 1 heterocycles. The van der Waals surface area contributed by atoms with Gasteiger partial charge in [-0.05, 0) is 28.0 Å². The highest BCUT2D eigenvalue weighted by atomic mass is 16.2. The molecular formula is C13H14N4O. The lowest BCUT2D eigenvalue weighted by Gasteiger charge is -2.18. The van der Waals surface area contributed by atoms with Crippen molar-refractivity contribution in [3.8, 4) is 0 Å². The number of carbonyl (C=O) groups is 1. The van der Waals surface area contributed by atoms with Gasteiger partial charge in [0.15, 0.2) is 0 Å². The molecule has 0 N–H and O–H groups in total. The fourth-order valence-electron chi connectivity index (χ4n) is 3.06. The summed E-state index contributed by atoms with van der Waals surface area (Å²) in [6, 6.07) is 10.3. The van der Waals surface area contributed by atoms with Crippen molar-refractivity contribution in [2.75, 3.05) is 13.1 Å². The number of hydrogen-bond acceptors (Lipinski definition) is 2. The van der Waals surface area contributed by atoms with Crippen LogP contribution in [0.5, 0.6) is 0 Å². The molecule has 2 aliphatic rings. The van der Waals surface area contributed by atoms with E-state index in [9.17, 15) is 4.79 Å². The highest BCUT2D eigenvalue weighted by Gasteiger charge is 2.58. The molecule has 5 nitrogen and oxygen atoms in total. The maximum Gasteiger partial charge on any atom is 0.222 e. The van der Waals surface area contributed by atoms with E-state index < -0.39 is 0 Å². The first-order chi connectivity index (χ1) is 8.79. The molecule has 2 unspecified atom stereocenters. The molecule has 18 heavy (non-hydrogen) atoms. The van der Waals surface area contributed by atoms with Gasteiger partial charge in [-0.2, -0.15) is 0 Å². The van der Waals surface area contributed by atoms with Crippen molar-refractivity contribution in [2.45, 2.75) is 6.54 Å². The van der Waals surface area contributed by atoms with Gasteiger partial charge in [-0.1, -0.05) is 30.3 Å². The zero-order chi connectivity index (χ0) is 12.5. The summed E-state index contributed by atoms with van der Waals surface area (Å²) >= 11 is 0. The Balaban J connectivity index is 1.55. The summed E-state index contributed by atoms with van der Waals surface area (Å²) in [4.78, 5) is 16.4. The highest BCUT2D eigenvalue weighted by molar-refractivity contribution is 5.83. The molecule has 0 bridgehead atoms. The van der Waals surface area contributed by atoms with E-state index >= 15 is 0 Å². The van der Waals surface area contributed by atoms with E-state index in [0.29, 0.717) is 11.8 Å². The van der Waals surface area contributed by atoms with Crippen LogP contribution < -0.4 is 0 Å². The van der Waals surface area contributed by atoms with E-state index in [0.717, 1.165) is 19.6 Å². The van der Waals surface area contributed by atoms with Crippen molar-refractivity contribution < 1.29 is 4.79 Å². The van der Waals surface area contributed by atoms with Crippen LogP contribution in [-0.2, 0) is 11.3 Å². The summed E-state index contributed by atoms with van der Waals surface area (Å²) < 4.78 is 0. The molecule has 2 fully saturated rings. The number of likely N-dealkylation sites (tertiary alicyclic amines) is 1. The van der Waals surface area contributed by atoms with Crippen LogP contribution in [0.4, 0.5) is 0 Å². The first-order valence-electron chi connectivity index (χ1n) is 6.15. The van der Waals surface area contributed by atoms with Crippen molar-refractivity contribution in [3.63, 3.8) is 0 Å². The van der Waals surface area contributed by atoms with Gasteiger partial charge >= 0.3 is 0 Å². The monoisotopic (exact) mass is 242 g/mol. The smallest absolute Gasteiger partial charge is 0.222 e. The Morgan fingerprint density at radius 1 is 1.33 bits per heavy atom. The van der Waals surface area contributed by atoms with Gasteiger partial charge in [0.05, 0.1) is 0 Å². The molecule has 1 aliphatic heterocycles. The molecule has 0 spiro atoms. The third kappa shape index (κ3) is 1.98. The Morgan fingerprint density at radius 2 is 2.00 bits per heavy atom. The van der Waals surface area contributed by atoms with Crippen LogP contribution in [0, 0.1) is 17.8 Å². The first-order valence-corrected chi connectivity index (χ1v) is 6.15. The molecule has 1 aliphatic carbocycles. The minimum atomic E-state index is -0.271. The van der Waals surface area contributed by atoms with Crippen LogP contribution in [0.1, 0.15) is 5.56 Å². The van der Waals surface area contributed by atoms with E-state index in [1.807, 2.05) is 18.2 Å². The minimum absolute atomic E-state index is 0.00655. The Hall–Kier alpha value is -1.84. The zero-order valence-corrected chi connectivity index (χ0v) is 9.94. The summed E-state index contributed by atoms with van der Waals surface area (Å²) in [6.45, 7) is 2.82. The lowest BCUT2D eigenvalue weighted by Crippen LogP contribution is -2.25. The topological polar surface area (TPSA) is 69.1 Å². The number of carbonyl (C=O) groups excluding carboxylic acids is 1. The normalized spacial score (nSPS) is 29.4. The predicted octanol–water partition coefficient (Wildman–Crippen LogP) is 2.20. The molecule has 5 heteroatoms. The molecule has 2 atom stereocenters. The van der Waals surface area contributed by atoms with Gasteiger partial charge in [0.25, 0.3) is 0 Å². The summed E-state index contributed by atoms with van der Waals surface area (Å²) in [5.74, 6) is 0.540. The number of rotatable bonds is 3. The standard InChI is InChI=1S/C13H14N4O/c14-16-15-13(18)12-10-7-17(8-11(10)12)6-9-4-2-1-3-5-9/h1-5,10-12H,6-8H2. The molecule has 1 aromatic rings. The second kappa shape index (κ2) is 4.44. The number of hydrogen-bond donors (Lipinski definition) is 0. The average Bonchev–Trinajstić information content (AvgIpc) is 2.88. The zero-order valence-electron chi connectivity index (χ0n) is 9.94.